The Hall–Kier alpha value is -0.630. The van der Waals surface area contributed by atoms with Gasteiger partial charge >= 0.3 is 0 Å². The first-order chi connectivity index (χ1) is 5.69. The summed E-state index contributed by atoms with van der Waals surface area (Å²) in [7, 11) is 1.83. The van der Waals surface area contributed by atoms with E-state index in [-0.39, 0.29) is 0 Å². The van der Waals surface area contributed by atoms with Crippen LogP contribution >= 0.6 is 0 Å². The zero-order valence-electron chi connectivity index (χ0n) is 7.76. The minimum atomic E-state index is -1.25. The van der Waals surface area contributed by atoms with Crippen molar-refractivity contribution in [1.82, 2.24) is 4.90 Å². The van der Waals surface area contributed by atoms with Gasteiger partial charge < -0.3 is 0 Å². The number of hydrogen-bond donors (Lipinski definition) is 0. The molecule has 1 rings (SSSR count). The van der Waals surface area contributed by atoms with Crippen molar-refractivity contribution in [2.24, 2.45) is 0 Å². The Kier molecular flexibility index (Phi) is 3.04. The van der Waals surface area contributed by atoms with Crippen LogP contribution in [-0.4, -0.2) is 24.3 Å². The van der Waals surface area contributed by atoms with Gasteiger partial charge in [-0.05, 0) is 19.5 Å². The second-order valence-corrected chi connectivity index (χ2v) is 3.23. The van der Waals surface area contributed by atoms with Crippen molar-refractivity contribution in [2.75, 3.05) is 13.6 Å². The SMILES string of the molecule is CCCN(C)C1(F)C=CC=CC1. The zero-order chi connectivity index (χ0) is 9.03. The molecule has 1 nitrogen and oxygen atoms in total. The topological polar surface area (TPSA) is 3.24 Å². The molecule has 0 bridgehead atoms. The summed E-state index contributed by atoms with van der Waals surface area (Å²) < 4.78 is 13.9. The van der Waals surface area contributed by atoms with Gasteiger partial charge in [-0.3, -0.25) is 4.90 Å². The molecule has 0 radical (unpaired) electrons. The average molecular weight is 169 g/mol. The van der Waals surface area contributed by atoms with Crippen LogP contribution in [0.5, 0.6) is 0 Å². The number of halogens is 1. The highest BCUT2D eigenvalue weighted by atomic mass is 19.1. The molecule has 12 heavy (non-hydrogen) atoms. The van der Waals surface area contributed by atoms with Crippen molar-refractivity contribution in [3.05, 3.63) is 24.3 Å². The molecule has 0 heterocycles. The van der Waals surface area contributed by atoms with Crippen molar-refractivity contribution in [2.45, 2.75) is 25.6 Å². The van der Waals surface area contributed by atoms with E-state index < -0.39 is 5.79 Å². The Labute approximate surface area is 73.6 Å². The highest BCUT2D eigenvalue weighted by molar-refractivity contribution is 5.17. The van der Waals surface area contributed by atoms with E-state index in [1.807, 2.05) is 19.2 Å². The first-order valence-electron chi connectivity index (χ1n) is 4.43. The molecule has 0 aromatic rings. The molecule has 1 atom stereocenters. The van der Waals surface area contributed by atoms with Crippen molar-refractivity contribution >= 4 is 0 Å². The number of hydrogen-bond acceptors (Lipinski definition) is 1. The van der Waals surface area contributed by atoms with E-state index in [1.54, 1.807) is 17.1 Å². The summed E-state index contributed by atoms with van der Waals surface area (Å²) in [6.07, 6.45) is 8.61. The van der Waals surface area contributed by atoms with Gasteiger partial charge in [-0.1, -0.05) is 25.2 Å². The van der Waals surface area contributed by atoms with Crippen LogP contribution < -0.4 is 0 Å². The normalized spacial score (nSPS) is 28.3. The fourth-order valence-corrected chi connectivity index (χ4v) is 1.39. The van der Waals surface area contributed by atoms with Crippen molar-refractivity contribution in [3.8, 4) is 0 Å². The minimum absolute atomic E-state index is 0.472. The fraction of sp³-hybridized carbons (Fsp3) is 0.600. The van der Waals surface area contributed by atoms with Crippen LogP contribution in [0, 0.1) is 0 Å². The van der Waals surface area contributed by atoms with Crippen LogP contribution in [0.15, 0.2) is 24.3 Å². The first-order valence-corrected chi connectivity index (χ1v) is 4.43. The molecule has 1 unspecified atom stereocenters. The maximum Gasteiger partial charge on any atom is 0.186 e. The summed E-state index contributed by atoms with van der Waals surface area (Å²) in [6.45, 7) is 2.86. The summed E-state index contributed by atoms with van der Waals surface area (Å²) in [5.74, 6) is -1.25. The van der Waals surface area contributed by atoms with E-state index in [1.165, 1.54) is 0 Å². The minimum Gasteiger partial charge on any atom is -0.271 e. The van der Waals surface area contributed by atoms with Gasteiger partial charge in [0.05, 0.1) is 0 Å². The smallest absolute Gasteiger partial charge is 0.186 e. The second-order valence-electron chi connectivity index (χ2n) is 3.23. The van der Waals surface area contributed by atoms with E-state index in [9.17, 15) is 4.39 Å². The van der Waals surface area contributed by atoms with E-state index in [0.717, 1.165) is 13.0 Å². The summed E-state index contributed by atoms with van der Waals surface area (Å²) in [6, 6.07) is 0. The number of allylic oxidation sites excluding steroid dienone is 2. The molecule has 0 fully saturated rings. The molecule has 68 valence electrons. The Balaban J connectivity index is 2.58. The highest BCUT2D eigenvalue weighted by Gasteiger charge is 2.30. The molecular weight excluding hydrogens is 153 g/mol. The van der Waals surface area contributed by atoms with E-state index in [4.69, 9.17) is 0 Å². The van der Waals surface area contributed by atoms with E-state index in [2.05, 4.69) is 6.92 Å². The number of likely N-dealkylation sites (N-methyl/N-ethyl adjacent to an activating group) is 1. The third kappa shape index (κ3) is 1.95. The molecule has 1 aliphatic carbocycles. The summed E-state index contributed by atoms with van der Waals surface area (Å²) in [5, 5.41) is 0. The van der Waals surface area contributed by atoms with Crippen LogP contribution in [0.3, 0.4) is 0 Å². The van der Waals surface area contributed by atoms with Gasteiger partial charge in [0.25, 0.3) is 0 Å². The number of rotatable bonds is 3. The molecule has 0 saturated carbocycles. The van der Waals surface area contributed by atoms with Crippen molar-refractivity contribution in [1.29, 1.82) is 0 Å². The lowest BCUT2D eigenvalue weighted by molar-refractivity contribution is 0.0323. The quantitative estimate of drug-likeness (QED) is 0.587. The Morgan fingerprint density at radius 1 is 1.50 bits per heavy atom. The van der Waals surface area contributed by atoms with Crippen molar-refractivity contribution < 1.29 is 4.39 Å². The van der Waals surface area contributed by atoms with E-state index in [0.29, 0.717) is 6.42 Å². The van der Waals surface area contributed by atoms with Gasteiger partial charge in [0, 0.05) is 13.0 Å². The van der Waals surface area contributed by atoms with Gasteiger partial charge in [-0.25, -0.2) is 4.39 Å². The van der Waals surface area contributed by atoms with Crippen LogP contribution in [0.25, 0.3) is 0 Å². The lowest BCUT2D eigenvalue weighted by Crippen LogP contribution is -2.41. The predicted octanol–water partition coefficient (Wildman–Crippen LogP) is 2.51. The lowest BCUT2D eigenvalue weighted by atomic mass is 10.0. The van der Waals surface area contributed by atoms with Crippen LogP contribution in [-0.2, 0) is 0 Å². The molecule has 0 aliphatic heterocycles. The average Bonchev–Trinajstić information content (AvgIpc) is 2.06. The standard InChI is InChI=1S/C10H16FN/c1-3-9-12(2)10(11)7-5-4-6-8-10/h4-7H,3,8-9H2,1-2H3. The highest BCUT2D eigenvalue weighted by Crippen LogP contribution is 2.25. The Morgan fingerprint density at radius 2 is 2.25 bits per heavy atom. The van der Waals surface area contributed by atoms with Crippen LogP contribution in [0.1, 0.15) is 19.8 Å². The predicted molar refractivity (Wildman–Crippen MR) is 49.7 cm³/mol. The maximum absolute atomic E-state index is 13.9. The van der Waals surface area contributed by atoms with Crippen LogP contribution in [0.4, 0.5) is 4.39 Å². The summed E-state index contributed by atoms with van der Waals surface area (Å²) >= 11 is 0. The molecule has 0 spiro atoms. The third-order valence-electron chi connectivity index (χ3n) is 2.20. The largest absolute Gasteiger partial charge is 0.271 e. The Morgan fingerprint density at radius 3 is 2.75 bits per heavy atom. The molecular formula is C10H16FN. The zero-order valence-corrected chi connectivity index (χ0v) is 7.76. The summed E-state index contributed by atoms with van der Waals surface area (Å²) in [5.41, 5.74) is 0. The molecule has 0 aromatic carbocycles. The van der Waals surface area contributed by atoms with Gasteiger partial charge in [-0.2, -0.15) is 0 Å². The van der Waals surface area contributed by atoms with Gasteiger partial charge in [0.1, 0.15) is 0 Å². The molecule has 0 N–H and O–H groups in total. The van der Waals surface area contributed by atoms with Gasteiger partial charge in [-0.15, -0.1) is 0 Å². The Bertz CT molecular complexity index is 198. The maximum atomic E-state index is 13.9. The fourth-order valence-electron chi connectivity index (χ4n) is 1.39. The molecule has 1 aliphatic rings. The molecule has 0 aromatic heterocycles. The second kappa shape index (κ2) is 3.85. The van der Waals surface area contributed by atoms with Crippen molar-refractivity contribution in [3.63, 3.8) is 0 Å². The first kappa shape index (κ1) is 9.46. The molecule has 2 heteroatoms. The summed E-state index contributed by atoms with van der Waals surface area (Å²) in [4.78, 5) is 1.76. The molecule has 0 amide bonds. The van der Waals surface area contributed by atoms with E-state index >= 15 is 0 Å². The van der Waals surface area contributed by atoms with Crippen LogP contribution in [0.2, 0.25) is 0 Å². The third-order valence-corrected chi connectivity index (χ3v) is 2.20. The van der Waals surface area contributed by atoms with Gasteiger partial charge in [0.2, 0.25) is 0 Å². The molecule has 0 saturated heterocycles. The number of alkyl halides is 1. The van der Waals surface area contributed by atoms with Gasteiger partial charge in [0.15, 0.2) is 5.79 Å². The monoisotopic (exact) mass is 169 g/mol. The number of nitrogens with zero attached hydrogens (tertiary/aromatic N) is 1. The lowest BCUT2D eigenvalue weighted by Gasteiger charge is -2.32.